The van der Waals surface area contributed by atoms with Gasteiger partial charge in [-0.25, -0.2) is 0 Å². The molecule has 0 fully saturated rings. The lowest BCUT2D eigenvalue weighted by atomic mass is 10.1. The molecule has 1 aromatic carbocycles. The first-order valence-corrected chi connectivity index (χ1v) is 5.88. The monoisotopic (exact) mass is 281 g/mol. The molecule has 0 aliphatic carbocycles. The fourth-order valence-electron chi connectivity index (χ4n) is 1.44. The summed E-state index contributed by atoms with van der Waals surface area (Å²) in [5.41, 5.74) is 1.38. The SMILES string of the molecule is Cc1cc(Cl)cc(C(=O)Nc2ccc(Cl)nn2)c1. The minimum Gasteiger partial charge on any atom is -0.305 e. The smallest absolute Gasteiger partial charge is 0.256 e. The topological polar surface area (TPSA) is 54.9 Å². The van der Waals surface area contributed by atoms with Crippen molar-refractivity contribution in [1.29, 1.82) is 0 Å². The Morgan fingerprint density at radius 3 is 2.56 bits per heavy atom. The van der Waals surface area contributed by atoms with Crippen LogP contribution in [0.15, 0.2) is 30.3 Å². The van der Waals surface area contributed by atoms with Crippen molar-refractivity contribution in [2.24, 2.45) is 0 Å². The van der Waals surface area contributed by atoms with Gasteiger partial charge in [-0.05, 0) is 42.8 Å². The zero-order valence-corrected chi connectivity index (χ0v) is 11.0. The molecule has 0 radical (unpaired) electrons. The highest BCUT2D eigenvalue weighted by Gasteiger charge is 2.08. The maximum Gasteiger partial charge on any atom is 0.256 e. The van der Waals surface area contributed by atoms with Gasteiger partial charge in [-0.3, -0.25) is 4.79 Å². The van der Waals surface area contributed by atoms with Crippen molar-refractivity contribution in [3.63, 3.8) is 0 Å². The molecule has 2 aromatic rings. The van der Waals surface area contributed by atoms with E-state index in [1.165, 1.54) is 0 Å². The maximum absolute atomic E-state index is 11.9. The molecule has 0 aliphatic heterocycles. The number of amides is 1. The predicted octanol–water partition coefficient (Wildman–Crippen LogP) is 3.34. The van der Waals surface area contributed by atoms with Crippen molar-refractivity contribution in [1.82, 2.24) is 10.2 Å². The van der Waals surface area contributed by atoms with Gasteiger partial charge in [-0.1, -0.05) is 23.2 Å². The molecule has 0 bridgehead atoms. The van der Waals surface area contributed by atoms with E-state index in [1.54, 1.807) is 30.3 Å². The number of rotatable bonds is 2. The van der Waals surface area contributed by atoms with Gasteiger partial charge >= 0.3 is 0 Å². The average Bonchev–Trinajstić information content (AvgIpc) is 2.31. The average molecular weight is 282 g/mol. The number of benzene rings is 1. The number of hydrogen-bond acceptors (Lipinski definition) is 3. The number of anilines is 1. The van der Waals surface area contributed by atoms with Gasteiger partial charge in [0.25, 0.3) is 5.91 Å². The number of carbonyl (C=O) groups excluding carboxylic acids is 1. The quantitative estimate of drug-likeness (QED) is 0.919. The Labute approximate surface area is 114 Å². The fraction of sp³-hybridized carbons (Fsp3) is 0.0833. The van der Waals surface area contributed by atoms with Crippen molar-refractivity contribution >= 4 is 34.9 Å². The standard InChI is InChI=1S/C12H9Cl2N3O/c1-7-4-8(6-9(13)5-7)12(18)15-11-3-2-10(14)16-17-11/h2-6H,1H3,(H,15,17,18). The zero-order valence-electron chi connectivity index (χ0n) is 9.45. The molecule has 0 saturated carbocycles. The largest absolute Gasteiger partial charge is 0.305 e. The number of nitrogens with one attached hydrogen (secondary N) is 1. The molecule has 4 nitrogen and oxygen atoms in total. The third-order valence-corrected chi connectivity index (χ3v) is 2.60. The molecule has 0 aliphatic rings. The van der Waals surface area contributed by atoms with Crippen LogP contribution in [0.2, 0.25) is 10.2 Å². The minimum absolute atomic E-state index is 0.270. The van der Waals surface area contributed by atoms with Crippen LogP contribution < -0.4 is 5.32 Å². The maximum atomic E-state index is 11.9. The summed E-state index contributed by atoms with van der Waals surface area (Å²) in [6, 6.07) is 8.23. The van der Waals surface area contributed by atoms with Gasteiger partial charge in [0.1, 0.15) is 0 Å². The van der Waals surface area contributed by atoms with E-state index in [2.05, 4.69) is 15.5 Å². The van der Waals surface area contributed by atoms with Crippen LogP contribution in [-0.2, 0) is 0 Å². The second-order valence-electron chi connectivity index (χ2n) is 3.71. The Kier molecular flexibility index (Phi) is 3.79. The highest BCUT2D eigenvalue weighted by molar-refractivity contribution is 6.31. The second-order valence-corrected chi connectivity index (χ2v) is 4.54. The molecule has 1 heterocycles. The summed E-state index contributed by atoms with van der Waals surface area (Å²) in [7, 11) is 0. The Bertz CT molecular complexity index is 564. The minimum atomic E-state index is -0.294. The third kappa shape index (κ3) is 3.18. The van der Waals surface area contributed by atoms with Crippen LogP contribution in [0.5, 0.6) is 0 Å². The van der Waals surface area contributed by atoms with Crippen LogP contribution in [0.1, 0.15) is 15.9 Å². The molecule has 0 spiro atoms. The molecule has 1 amide bonds. The number of aryl methyl sites for hydroxylation is 1. The molecule has 0 unspecified atom stereocenters. The Morgan fingerprint density at radius 2 is 1.94 bits per heavy atom. The highest BCUT2D eigenvalue weighted by atomic mass is 35.5. The van der Waals surface area contributed by atoms with Gasteiger partial charge in [-0.2, -0.15) is 0 Å². The lowest BCUT2D eigenvalue weighted by molar-refractivity contribution is 0.102. The van der Waals surface area contributed by atoms with Crippen LogP contribution in [0.4, 0.5) is 5.82 Å². The summed E-state index contributed by atoms with van der Waals surface area (Å²) in [6.07, 6.45) is 0. The number of hydrogen-bond donors (Lipinski definition) is 1. The molecule has 2 rings (SSSR count). The number of carbonyl (C=O) groups is 1. The Balaban J connectivity index is 2.19. The van der Waals surface area contributed by atoms with E-state index in [0.717, 1.165) is 5.56 Å². The van der Waals surface area contributed by atoms with Gasteiger partial charge < -0.3 is 5.32 Å². The summed E-state index contributed by atoms with van der Waals surface area (Å²) in [4.78, 5) is 11.9. The highest BCUT2D eigenvalue weighted by Crippen LogP contribution is 2.16. The normalized spacial score (nSPS) is 10.2. The molecule has 0 saturated heterocycles. The van der Waals surface area contributed by atoms with Crippen molar-refractivity contribution in [3.05, 3.63) is 51.6 Å². The summed E-state index contributed by atoms with van der Waals surface area (Å²) < 4.78 is 0. The molecule has 1 aromatic heterocycles. The van der Waals surface area contributed by atoms with Crippen LogP contribution in [0, 0.1) is 6.92 Å². The van der Waals surface area contributed by atoms with Crippen molar-refractivity contribution < 1.29 is 4.79 Å². The van der Waals surface area contributed by atoms with E-state index in [4.69, 9.17) is 23.2 Å². The molecule has 1 N–H and O–H groups in total. The van der Waals surface area contributed by atoms with Gasteiger partial charge in [0.15, 0.2) is 11.0 Å². The molecule has 92 valence electrons. The van der Waals surface area contributed by atoms with Crippen molar-refractivity contribution in [3.8, 4) is 0 Å². The van der Waals surface area contributed by atoms with E-state index in [-0.39, 0.29) is 11.1 Å². The summed E-state index contributed by atoms with van der Waals surface area (Å²) >= 11 is 11.5. The Morgan fingerprint density at radius 1 is 1.17 bits per heavy atom. The first-order valence-electron chi connectivity index (χ1n) is 5.12. The third-order valence-electron chi connectivity index (χ3n) is 2.18. The molecule has 18 heavy (non-hydrogen) atoms. The van der Waals surface area contributed by atoms with E-state index in [0.29, 0.717) is 16.4 Å². The van der Waals surface area contributed by atoms with Crippen LogP contribution >= 0.6 is 23.2 Å². The van der Waals surface area contributed by atoms with E-state index < -0.39 is 0 Å². The van der Waals surface area contributed by atoms with Crippen LogP contribution in [0.25, 0.3) is 0 Å². The molecule has 0 atom stereocenters. The van der Waals surface area contributed by atoms with Gasteiger partial charge in [0.05, 0.1) is 0 Å². The Hall–Kier alpha value is -1.65. The zero-order chi connectivity index (χ0) is 13.1. The number of halogens is 2. The fourth-order valence-corrected chi connectivity index (χ4v) is 1.83. The summed E-state index contributed by atoms with van der Waals surface area (Å²) in [5, 5.41) is 10.8. The first-order chi connectivity index (χ1) is 8.54. The number of aromatic nitrogens is 2. The molecular formula is C12H9Cl2N3O. The van der Waals surface area contributed by atoms with Crippen LogP contribution in [0.3, 0.4) is 0 Å². The lowest BCUT2D eigenvalue weighted by Gasteiger charge is -2.05. The molecule has 6 heteroatoms. The number of nitrogens with zero attached hydrogens (tertiary/aromatic N) is 2. The van der Waals surface area contributed by atoms with Crippen molar-refractivity contribution in [2.45, 2.75) is 6.92 Å². The van der Waals surface area contributed by atoms with Crippen LogP contribution in [-0.4, -0.2) is 16.1 Å². The van der Waals surface area contributed by atoms with Crippen molar-refractivity contribution in [2.75, 3.05) is 5.32 Å². The summed E-state index contributed by atoms with van der Waals surface area (Å²) in [6.45, 7) is 1.87. The summed E-state index contributed by atoms with van der Waals surface area (Å²) in [5.74, 6) is 0.0410. The van der Waals surface area contributed by atoms with E-state index in [1.807, 2.05) is 6.92 Å². The van der Waals surface area contributed by atoms with E-state index in [9.17, 15) is 4.79 Å². The molecular weight excluding hydrogens is 273 g/mol. The van der Waals surface area contributed by atoms with Gasteiger partial charge in [0, 0.05) is 10.6 Å². The van der Waals surface area contributed by atoms with E-state index >= 15 is 0 Å². The first kappa shape index (κ1) is 12.8. The lowest BCUT2D eigenvalue weighted by Crippen LogP contribution is -2.13. The van der Waals surface area contributed by atoms with Gasteiger partial charge in [-0.15, -0.1) is 10.2 Å². The van der Waals surface area contributed by atoms with Gasteiger partial charge in [0.2, 0.25) is 0 Å². The second kappa shape index (κ2) is 5.33. The predicted molar refractivity (Wildman–Crippen MR) is 71.2 cm³/mol.